The predicted molar refractivity (Wildman–Crippen MR) is 68.0 cm³/mol. The van der Waals surface area contributed by atoms with Gasteiger partial charge in [0, 0.05) is 12.3 Å². The Labute approximate surface area is 116 Å². The van der Waals surface area contributed by atoms with Gasteiger partial charge in [-0.25, -0.2) is 8.42 Å². The van der Waals surface area contributed by atoms with E-state index >= 15 is 0 Å². The molecule has 0 spiro atoms. The molecule has 1 atom stereocenters. The summed E-state index contributed by atoms with van der Waals surface area (Å²) in [4.78, 5) is 12.8. The van der Waals surface area contributed by atoms with E-state index in [0.29, 0.717) is 30.8 Å². The molecule has 9 heteroatoms. The van der Waals surface area contributed by atoms with Crippen LogP contribution in [0.4, 0.5) is 13.2 Å². The molecule has 0 aromatic heterocycles. The predicted octanol–water partition coefficient (Wildman–Crippen LogP) is 0.562. The molecule has 0 radical (unpaired) electrons. The van der Waals surface area contributed by atoms with E-state index < -0.39 is 39.8 Å². The molecule has 5 nitrogen and oxygen atoms in total. The van der Waals surface area contributed by atoms with Crippen molar-refractivity contribution < 1.29 is 26.4 Å². The second-order valence-electron chi connectivity index (χ2n) is 5.03. The van der Waals surface area contributed by atoms with Gasteiger partial charge in [-0.05, 0) is 32.9 Å². The highest BCUT2D eigenvalue weighted by Gasteiger charge is 2.40. The molecule has 1 aliphatic heterocycles. The molecule has 0 bridgehead atoms. The minimum absolute atomic E-state index is 0.387. The van der Waals surface area contributed by atoms with Gasteiger partial charge in [-0.2, -0.15) is 13.2 Å². The van der Waals surface area contributed by atoms with Gasteiger partial charge in [-0.3, -0.25) is 4.79 Å². The van der Waals surface area contributed by atoms with Crippen LogP contribution in [0.15, 0.2) is 0 Å². The Morgan fingerprint density at radius 1 is 1.35 bits per heavy atom. The van der Waals surface area contributed by atoms with Crippen LogP contribution in [0, 0.1) is 0 Å². The molecular formula is C11H19F3N2O3S. The molecule has 1 heterocycles. The largest absolute Gasteiger partial charge is 0.406 e. The summed E-state index contributed by atoms with van der Waals surface area (Å²) >= 11 is 0. The van der Waals surface area contributed by atoms with Gasteiger partial charge in [0.1, 0.15) is 11.8 Å². The molecule has 1 amide bonds. The van der Waals surface area contributed by atoms with E-state index in [1.54, 1.807) is 0 Å². The molecule has 1 unspecified atom stereocenters. The summed E-state index contributed by atoms with van der Waals surface area (Å²) in [5.74, 6) is -0.975. The number of carbonyl (C=O) groups excluding carboxylic acids is 1. The van der Waals surface area contributed by atoms with Crippen LogP contribution in [0.25, 0.3) is 0 Å². The third-order valence-electron chi connectivity index (χ3n) is 3.37. The zero-order chi connectivity index (χ0) is 15.6. The van der Waals surface area contributed by atoms with Gasteiger partial charge < -0.3 is 10.2 Å². The molecular weight excluding hydrogens is 297 g/mol. The average molecular weight is 316 g/mol. The quantitative estimate of drug-likeness (QED) is 0.823. The van der Waals surface area contributed by atoms with Crippen LogP contribution in [0.1, 0.15) is 19.8 Å². The normalized spacial score (nSPS) is 19.6. The number of amides is 1. The zero-order valence-corrected chi connectivity index (χ0v) is 12.2. The van der Waals surface area contributed by atoms with E-state index in [-0.39, 0.29) is 0 Å². The van der Waals surface area contributed by atoms with Crippen molar-refractivity contribution in [3.05, 3.63) is 0 Å². The monoisotopic (exact) mass is 316 g/mol. The third kappa shape index (κ3) is 4.93. The van der Waals surface area contributed by atoms with Crippen molar-refractivity contribution in [1.82, 2.24) is 10.2 Å². The SMILES string of the molecule is CC(C(=O)N(CC(F)(F)F)C1CCNCC1)S(C)(=O)=O. The fourth-order valence-electron chi connectivity index (χ4n) is 2.12. The fraction of sp³-hybridized carbons (Fsp3) is 0.909. The number of piperidine rings is 1. The Hall–Kier alpha value is -0.830. The first kappa shape index (κ1) is 17.2. The van der Waals surface area contributed by atoms with E-state index in [4.69, 9.17) is 0 Å². The van der Waals surface area contributed by atoms with Crippen molar-refractivity contribution in [2.24, 2.45) is 0 Å². The van der Waals surface area contributed by atoms with Gasteiger partial charge in [-0.1, -0.05) is 0 Å². The number of rotatable bonds is 4. The van der Waals surface area contributed by atoms with Gasteiger partial charge in [0.2, 0.25) is 5.91 Å². The Bertz CT molecular complexity index is 444. The van der Waals surface area contributed by atoms with Crippen molar-refractivity contribution >= 4 is 15.7 Å². The van der Waals surface area contributed by atoms with Crippen LogP contribution in [-0.2, 0) is 14.6 Å². The average Bonchev–Trinajstić information content (AvgIpc) is 2.33. The Kier molecular flexibility index (Phi) is 5.42. The first-order chi connectivity index (χ1) is 9.02. The van der Waals surface area contributed by atoms with Crippen molar-refractivity contribution in [3.63, 3.8) is 0 Å². The van der Waals surface area contributed by atoms with Gasteiger partial charge in [0.25, 0.3) is 0 Å². The number of hydrogen-bond donors (Lipinski definition) is 1. The summed E-state index contributed by atoms with van der Waals surface area (Å²) in [5, 5.41) is 1.53. The van der Waals surface area contributed by atoms with E-state index in [0.717, 1.165) is 13.2 Å². The number of alkyl halides is 3. The second kappa shape index (κ2) is 6.30. The summed E-state index contributed by atoms with van der Waals surface area (Å²) in [6.45, 7) is 0.748. The third-order valence-corrected chi connectivity index (χ3v) is 4.86. The van der Waals surface area contributed by atoms with Crippen molar-refractivity contribution in [1.29, 1.82) is 0 Å². The second-order valence-corrected chi connectivity index (χ2v) is 7.40. The maximum atomic E-state index is 12.6. The topological polar surface area (TPSA) is 66.5 Å². The Balaban J connectivity index is 2.94. The number of carbonyl (C=O) groups is 1. The molecule has 1 saturated heterocycles. The minimum Gasteiger partial charge on any atom is -0.329 e. The van der Waals surface area contributed by atoms with Crippen molar-refractivity contribution in [2.45, 2.75) is 37.2 Å². The van der Waals surface area contributed by atoms with E-state index in [2.05, 4.69) is 5.32 Å². The number of nitrogens with zero attached hydrogens (tertiary/aromatic N) is 1. The molecule has 1 aliphatic rings. The van der Waals surface area contributed by atoms with Crippen LogP contribution in [0.2, 0.25) is 0 Å². The summed E-state index contributed by atoms with van der Waals surface area (Å²) in [6.07, 6.45) is -2.92. The molecule has 1 rings (SSSR count). The summed E-state index contributed by atoms with van der Waals surface area (Å²) in [7, 11) is -3.72. The maximum absolute atomic E-state index is 12.6. The van der Waals surface area contributed by atoms with Gasteiger partial charge in [0.15, 0.2) is 9.84 Å². The lowest BCUT2D eigenvalue weighted by Gasteiger charge is -2.36. The maximum Gasteiger partial charge on any atom is 0.406 e. The molecule has 1 N–H and O–H groups in total. The summed E-state index contributed by atoms with van der Waals surface area (Å²) in [6, 6.07) is -0.574. The molecule has 0 aliphatic carbocycles. The lowest BCUT2D eigenvalue weighted by atomic mass is 10.0. The smallest absolute Gasteiger partial charge is 0.329 e. The van der Waals surface area contributed by atoms with Crippen molar-refractivity contribution in [2.75, 3.05) is 25.9 Å². The van der Waals surface area contributed by atoms with Crippen LogP contribution in [0.3, 0.4) is 0 Å². The van der Waals surface area contributed by atoms with Crippen LogP contribution in [0.5, 0.6) is 0 Å². The molecule has 118 valence electrons. The molecule has 1 fully saturated rings. The lowest BCUT2D eigenvalue weighted by molar-refractivity contribution is -0.166. The minimum atomic E-state index is -4.54. The highest BCUT2D eigenvalue weighted by Crippen LogP contribution is 2.23. The number of halogens is 3. The first-order valence-electron chi connectivity index (χ1n) is 6.29. The highest BCUT2D eigenvalue weighted by molar-refractivity contribution is 7.92. The van der Waals surface area contributed by atoms with Crippen LogP contribution >= 0.6 is 0 Å². The van der Waals surface area contributed by atoms with Crippen molar-refractivity contribution in [3.8, 4) is 0 Å². The van der Waals surface area contributed by atoms with Gasteiger partial charge in [-0.15, -0.1) is 0 Å². The number of hydrogen-bond acceptors (Lipinski definition) is 4. The van der Waals surface area contributed by atoms with E-state index in [1.807, 2.05) is 0 Å². The first-order valence-corrected chi connectivity index (χ1v) is 8.24. The molecule has 0 aromatic carbocycles. The van der Waals surface area contributed by atoms with E-state index in [1.165, 1.54) is 0 Å². The zero-order valence-electron chi connectivity index (χ0n) is 11.4. The van der Waals surface area contributed by atoms with Crippen LogP contribution < -0.4 is 5.32 Å². The van der Waals surface area contributed by atoms with Crippen LogP contribution in [-0.4, -0.2) is 62.6 Å². The molecule has 20 heavy (non-hydrogen) atoms. The number of sulfone groups is 1. The summed E-state index contributed by atoms with van der Waals surface area (Å²) < 4.78 is 60.6. The highest BCUT2D eigenvalue weighted by atomic mass is 32.2. The Morgan fingerprint density at radius 3 is 2.25 bits per heavy atom. The lowest BCUT2D eigenvalue weighted by Crippen LogP contribution is -2.53. The Morgan fingerprint density at radius 2 is 1.85 bits per heavy atom. The fourth-order valence-corrected chi connectivity index (χ4v) is 2.62. The molecule has 0 saturated carbocycles. The van der Waals surface area contributed by atoms with Gasteiger partial charge in [0.05, 0.1) is 0 Å². The van der Waals surface area contributed by atoms with E-state index in [9.17, 15) is 26.4 Å². The summed E-state index contributed by atoms with van der Waals surface area (Å²) in [5.41, 5.74) is 0. The van der Waals surface area contributed by atoms with Gasteiger partial charge >= 0.3 is 6.18 Å². The molecule has 0 aromatic rings. The standard InChI is InChI=1S/C11H19F3N2O3S/c1-8(20(2,18)19)10(17)16(7-11(12,13)14)9-3-5-15-6-4-9/h8-9,15H,3-7H2,1-2H3. The number of nitrogens with one attached hydrogen (secondary N) is 1.